The largest absolute Gasteiger partial charge is 0.423 e. The summed E-state index contributed by atoms with van der Waals surface area (Å²) in [5.41, 5.74) is 3.34. The highest BCUT2D eigenvalue weighted by molar-refractivity contribution is 6.34. The monoisotopic (exact) mass is 494 g/mol. The Hall–Kier alpha value is -3.68. The number of anilines is 1. The quantitative estimate of drug-likeness (QED) is 0.273. The standard InChI is InChI=1S/C25H20Cl2N4O3/c1-15-6-3-4-9-22(15)25(33)34-21-8-5-7-20(13-21)28-24(32)23-16(2)31(30-29-23)14-17-10-18(26)12-19(27)11-17/h3-13H,14H2,1-2H3,(H,28,32). The Morgan fingerprint density at radius 1 is 0.971 bits per heavy atom. The minimum Gasteiger partial charge on any atom is -0.423 e. The first-order chi connectivity index (χ1) is 16.3. The van der Waals surface area contributed by atoms with Crippen LogP contribution in [0.4, 0.5) is 5.69 Å². The van der Waals surface area contributed by atoms with Gasteiger partial charge in [-0.3, -0.25) is 4.79 Å². The van der Waals surface area contributed by atoms with Gasteiger partial charge in [0.05, 0.1) is 17.8 Å². The molecule has 4 aromatic rings. The fourth-order valence-corrected chi connectivity index (χ4v) is 3.96. The van der Waals surface area contributed by atoms with Gasteiger partial charge in [0.1, 0.15) is 5.75 Å². The molecule has 4 rings (SSSR count). The summed E-state index contributed by atoms with van der Waals surface area (Å²) >= 11 is 12.1. The van der Waals surface area contributed by atoms with Crippen LogP contribution in [0.5, 0.6) is 5.75 Å². The van der Waals surface area contributed by atoms with E-state index in [4.69, 9.17) is 27.9 Å². The summed E-state index contributed by atoms with van der Waals surface area (Å²) < 4.78 is 7.07. The maximum atomic E-state index is 12.8. The molecule has 0 bridgehead atoms. The number of hydrogen-bond acceptors (Lipinski definition) is 5. The smallest absolute Gasteiger partial charge is 0.343 e. The Bertz CT molecular complexity index is 1360. The highest BCUT2D eigenvalue weighted by atomic mass is 35.5. The van der Waals surface area contributed by atoms with Crippen molar-refractivity contribution in [3.63, 3.8) is 0 Å². The van der Waals surface area contributed by atoms with Crippen LogP contribution < -0.4 is 10.1 Å². The summed E-state index contributed by atoms with van der Waals surface area (Å²) in [6.45, 7) is 3.95. The predicted molar refractivity (Wildman–Crippen MR) is 131 cm³/mol. The zero-order chi connectivity index (χ0) is 24.2. The SMILES string of the molecule is Cc1ccccc1C(=O)Oc1cccc(NC(=O)c2nnn(Cc3cc(Cl)cc(Cl)c3)c2C)c1. The predicted octanol–water partition coefficient (Wildman–Crippen LogP) is 5.72. The zero-order valence-corrected chi connectivity index (χ0v) is 19.9. The van der Waals surface area contributed by atoms with Gasteiger partial charge in [0, 0.05) is 21.8 Å². The second-order valence-corrected chi connectivity index (χ2v) is 8.52. The van der Waals surface area contributed by atoms with E-state index in [1.54, 1.807) is 66.2 Å². The molecule has 3 aromatic carbocycles. The fourth-order valence-electron chi connectivity index (χ4n) is 3.39. The van der Waals surface area contributed by atoms with Crippen LogP contribution in [0.2, 0.25) is 10.0 Å². The van der Waals surface area contributed by atoms with E-state index in [0.29, 0.717) is 39.3 Å². The number of nitrogens with one attached hydrogen (secondary N) is 1. The molecule has 0 unspecified atom stereocenters. The number of benzene rings is 3. The Morgan fingerprint density at radius 2 is 1.71 bits per heavy atom. The average Bonchev–Trinajstić information content (AvgIpc) is 3.13. The van der Waals surface area contributed by atoms with E-state index in [0.717, 1.165) is 11.1 Å². The molecule has 0 aliphatic carbocycles. The zero-order valence-electron chi connectivity index (χ0n) is 18.4. The Kier molecular flexibility index (Phi) is 6.95. The van der Waals surface area contributed by atoms with E-state index >= 15 is 0 Å². The van der Waals surface area contributed by atoms with Gasteiger partial charge < -0.3 is 10.1 Å². The Labute approximate surface area is 206 Å². The third-order valence-electron chi connectivity index (χ3n) is 5.12. The molecule has 0 radical (unpaired) electrons. The number of carbonyl (C=O) groups excluding carboxylic acids is 2. The van der Waals surface area contributed by atoms with E-state index < -0.39 is 11.9 Å². The molecule has 1 N–H and O–H groups in total. The van der Waals surface area contributed by atoms with E-state index in [9.17, 15) is 9.59 Å². The first-order valence-electron chi connectivity index (χ1n) is 10.3. The molecule has 0 fully saturated rings. The van der Waals surface area contributed by atoms with Crippen molar-refractivity contribution in [3.8, 4) is 5.75 Å². The molecule has 0 aliphatic heterocycles. The molecule has 0 atom stereocenters. The van der Waals surface area contributed by atoms with Gasteiger partial charge in [-0.05, 0) is 61.4 Å². The molecule has 34 heavy (non-hydrogen) atoms. The lowest BCUT2D eigenvalue weighted by Gasteiger charge is -2.09. The second-order valence-electron chi connectivity index (χ2n) is 7.65. The van der Waals surface area contributed by atoms with Crippen LogP contribution in [0.25, 0.3) is 0 Å². The third-order valence-corrected chi connectivity index (χ3v) is 5.56. The van der Waals surface area contributed by atoms with Crippen LogP contribution in [0.15, 0.2) is 66.7 Å². The van der Waals surface area contributed by atoms with Gasteiger partial charge in [0.15, 0.2) is 5.69 Å². The third kappa shape index (κ3) is 5.44. The summed E-state index contributed by atoms with van der Waals surface area (Å²) in [6, 6.07) is 18.9. The summed E-state index contributed by atoms with van der Waals surface area (Å²) in [5, 5.41) is 11.9. The van der Waals surface area contributed by atoms with Crippen molar-refractivity contribution in [3.05, 3.63) is 105 Å². The minimum atomic E-state index is -0.471. The number of aryl methyl sites for hydroxylation is 1. The van der Waals surface area contributed by atoms with Crippen molar-refractivity contribution in [1.29, 1.82) is 0 Å². The number of halogens is 2. The summed E-state index contributed by atoms with van der Waals surface area (Å²) in [4.78, 5) is 25.3. The number of nitrogens with zero attached hydrogens (tertiary/aromatic N) is 3. The van der Waals surface area contributed by atoms with E-state index in [-0.39, 0.29) is 5.69 Å². The number of esters is 1. The van der Waals surface area contributed by atoms with Gasteiger partial charge in [-0.25, -0.2) is 9.48 Å². The van der Waals surface area contributed by atoms with E-state index in [1.165, 1.54) is 0 Å². The van der Waals surface area contributed by atoms with Crippen LogP contribution in [0.3, 0.4) is 0 Å². The molecule has 172 valence electrons. The van der Waals surface area contributed by atoms with Crippen molar-refractivity contribution in [1.82, 2.24) is 15.0 Å². The Balaban J connectivity index is 1.46. The first-order valence-corrected chi connectivity index (χ1v) is 11.1. The van der Waals surface area contributed by atoms with Crippen molar-refractivity contribution in [2.24, 2.45) is 0 Å². The van der Waals surface area contributed by atoms with Crippen molar-refractivity contribution < 1.29 is 14.3 Å². The molecule has 9 heteroatoms. The highest BCUT2D eigenvalue weighted by Gasteiger charge is 2.18. The highest BCUT2D eigenvalue weighted by Crippen LogP contribution is 2.22. The van der Waals surface area contributed by atoms with Gasteiger partial charge >= 0.3 is 5.97 Å². The maximum Gasteiger partial charge on any atom is 0.343 e. The topological polar surface area (TPSA) is 86.1 Å². The van der Waals surface area contributed by atoms with Gasteiger partial charge in [0.2, 0.25) is 0 Å². The summed E-state index contributed by atoms with van der Waals surface area (Å²) in [5.74, 6) is -0.596. The van der Waals surface area contributed by atoms with Gasteiger partial charge in [-0.2, -0.15) is 0 Å². The normalized spacial score (nSPS) is 10.7. The fraction of sp³-hybridized carbons (Fsp3) is 0.120. The molecule has 0 saturated heterocycles. The first kappa shape index (κ1) is 23.5. The lowest BCUT2D eigenvalue weighted by atomic mass is 10.1. The molecule has 1 heterocycles. The molecule has 0 saturated carbocycles. The van der Waals surface area contributed by atoms with Gasteiger partial charge in [-0.1, -0.05) is 52.7 Å². The number of carbonyl (C=O) groups is 2. The number of amides is 1. The molecular formula is C25H20Cl2N4O3. The van der Waals surface area contributed by atoms with E-state index in [2.05, 4.69) is 15.6 Å². The van der Waals surface area contributed by atoms with Crippen molar-refractivity contribution >= 4 is 40.8 Å². The number of aromatic nitrogens is 3. The summed E-state index contributed by atoms with van der Waals surface area (Å²) in [7, 11) is 0. The maximum absolute atomic E-state index is 12.8. The van der Waals surface area contributed by atoms with Crippen molar-refractivity contribution in [2.45, 2.75) is 20.4 Å². The number of ether oxygens (including phenoxy) is 1. The lowest BCUT2D eigenvalue weighted by molar-refractivity contribution is 0.0734. The average molecular weight is 495 g/mol. The second kappa shape index (κ2) is 10.1. The van der Waals surface area contributed by atoms with Crippen LogP contribution in [-0.2, 0) is 6.54 Å². The van der Waals surface area contributed by atoms with Gasteiger partial charge in [0.25, 0.3) is 5.91 Å². The Morgan fingerprint density at radius 3 is 2.44 bits per heavy atom. The van der Waals surface area contributed by atoms with Crippen LogP contribution in [-0.4, -0.2) is 26.9 Å². The summed E-state index contributed by atoms with van der Waals surface area (Å²) in [6.07, 6.45) is 0. The van der Waals surface area contributed by atoms with Crippen molar-refractivity contribution in [2.75, 3.05) is 5.32 Å². The molecule has 0 spiro atoms. The lowest BCUT2D eigenvalue weighted by Crippen LogP contribution is -2.15. The minimum absolute atomic E-state index is 0.176. The molecule has 1 amide bonds. The number of rotatable bonds is 6. The number of hydrogen-bond donors (Lipinski definition) is 1. The molecular weight excluding hydrogens is 475 g/mol. The van der Waals surface area contributed by atoms with Crippen LogP contribution in [0.1, 0.15) is 37.7 Å². The van der Waals surface area contributed by atoms with E-state index in [1.807, 2.05) is 19.1 Å². The molecule has 0 aliphatic rings. The molecule has 7 nitrogen and oxygen atoms in total. The van der Waals surface area contributed by atoms with Gasteiger partial charge in [-0.15, -0.1) is 5.10 Å². The molecule has 1 aromatic heterocycles. The van der Waals surface area contributed by atoms with Crippen LogP contribution in [0, 0.1) is 13.8 Å². The van der Waals surface area contributed by atoms with Crippen LogP contribution >= 0.6 is 23.2 Å².